The highest BCUT2D eigenvalue weighted by molar-refractivity contribution is 5.94. The summed E-state index contributed by atoms with van der Waals surface area (Å²) < 4.78 is 29.6. The second kappa shape index (κ2) is 5.87. The molecule has 1 aliphatic rings. The Morgan fingerprint density at radius 2 is 2.09 bits per heavy atom. The molecule has 0 spiro atoms. The molecule has 0 bridgehead atoms. The van der Waals surface area contributed by atoms with E-state index in [1.807, 2.05) is 13.2 Å². The lowest BCUT2D eigenvalue weighted by Gasteiger charge is -2.30. The molecule has 1 aliphatic heterocycles. The highest BCUT2D eigenvalue weighted by Gasteiger charge is 2.27. The molecule has 1 aromatic carbocycles. The van der Waals surface area contributed by atoms with Crippen LogP contribution in [0.5, 0.6) is 0 Å². The van der Waals surface area contributed by atoms with Gasteiger partial charge in [-0.2, -0.15) is 5.10 Å². The number of aromatic nitrogens is 2. The Hall–Kier alpha value is -2.24. The minimum atomic E-state index is -0.536. The number of hydrogen-bond donors (Lipinski definition) is 0. The number of halogens is 2. The van der Waals surface area contributed by atoms with Gasteiger partial charge < -0.3 is 4.90 Å². The molecule has 6 heteroatoms. The van der Waals surface area contributed by atoms with Gasteiger partial charge in [0.25, 0.3) is 0 Å². The maximum atomic E-state index is 14.1. The molecule has 3 rings (SSSR count). The van der Waals surface area contributed by atoms with Gasteiger partial charge in [0.2, 0.25) is 5.91 Å². The van der Waals surface area contributed by atoms with E-state index in [4.69, 9.17) is 0 Å². The number of aryl methyl sites for hydroxylation is 2. The van der Waals surface area contributed by atoms with Crippen LogP contribution in [0, 0.1) is 11.6 Å². The third-order valence-electron chi connectivity index (χ3n) is 3.94. The first-order valence-corrected chi connectivity index (χ1v) is 7.31. The highest BCUT2D eigenvalue weighted by Crippen LogP contribution is 2.32. The number of carbonyl (C=O) groups excluding carboxylic acids is 1. The van der Waals surface area contributed by atoms with Crippen molar-refractivity contribution < 1.29 is 13.6 Å². The molecule has 2 aromatic rings. The summed E-state index contributed by atoms with van der Waals surface area (Å²) in [6.45, 7) is 0.430. The molecule has 0 radical (unpaired) electrons. The lowest BCUT2D eigenvalue weighted by atomic mass is 10.00. The molecule has 22 heavy (non-hydrogen) atoms. The number of hydrogen-bond acceptors (Lipinski definition) is 2. The maximum Gasteiger partial charge on any atom is 0.227 e. The fraction of sp³-hybridized carbons (Fsp3) is 0.375. The van der Waals surface area contributed by atoms with Crippen LogP contribution in [0.2, 0.25) is 0 Å². The van der Waals surface area contributed by atoms with E-state index in [9.17, 15) is 13.6 Å². The molecule has 116 valence electrons. The lowest BCUT2D eigenvalue weighted by molar-refractivity contribution is -0.118. The van der Waals surface area contributed by atoms with Crippen LogP contribution < -0.4 is 4.90 Å². The van der Waals surface area contributed by atoms with Gasteiger partial charge in [-0.1, -0.05) is 0 Å². The van der Waals surface area contributed by atoms with E-state index in [-0.39, 0.29) is 18.0 Å². The molecule has 0 unspecified atom stereocenters. The maximum absolute atomic E-state index is 14.1. The molecule has 0 aliphatic carbocycles. The quantitative estimate of drug-likeness (QED) is 0.874. The Bertz CT molecular complexity index is 711. The number of fused-ring (bicyclic) bond motifs is 1. The van der Waals surface area contributed by atoms with Crippen LogP contribution in [0.4, 0.5) is 14.5 Å². The zero-order chi connectivity index (χ0) is 15.7. The van der Waals surface area contributed by atoms with Crippen LogP contribution in [-0.2, 0) is 24.7 Å². The topological polar surface area (TPSA) is 38.1 Å². The smallest absolute Gasteiger partial charge is 0.227 e. The third-order valence-corrected chi connectivity index (χ3v) is 3.94. The van der Waals surface area contributed by atoms with Gasteiger partial charge in [-0.25, -0.2) is 8.78 Å². The van der Waals surface area contributed by atoms with E-state index < -0.39 is 11.6 Å². The molecule has 1 aromatic heterocycles. The van der Waals surface area contributed by atoms with Crippen molar-refractivity contribution >= 4 is 11.6 Å². The first-order valence-electron chi connectivity index (χ1n) is 7.31. The van der Waals surface area contributed by atoms with Gasteiger partial charge >= 0.3 is 0 Å². The summed E-state index contributed by atoms with van der Waals surface area (Å²) in [5.74, 6) is -1.17. The molecular weight excluding hydrogens is 288 g/mol. The summed E-state index contributed by atoms with van der Waals surface area (Å²) in [6.07, 6.45) is 5.45. The highest BCUT2D eigenvalue weighted by atomic mass is 19.1. The number of benzene rings is 1. The van der Waals surface area contributed by atoms with Gasteiger partial charge in [0.1, 0.15) is 11.6 Å². The molecule has 0 N–H and O–H groups in total. The van der Waals surface area contributed by atoms with Gasteiger partial charge in [0.15, 0.2) is 0 Å². The van der Waals surface area contributed by atoms with Crippen molar-refractivity contribution in [2.75, 3.05) is 11.4 Å². The largest absolute Gasteiger partial charge is 0.309 e. The Morgan fingerprint density at radius 3 is 2.82 bits per heavy atom. The second-order valence-corrected chi connectivity index (χ2v) is 5.53. The Balaban J connectivity index is 1.78. The van der Waals surface area contributed by atoms with E-state index in [1.165, 1.54) is 4.90 Å². The second-order valence-electron chi connectivity index (χ2n) is 5.53. The summed E-state index contributed by atoms with van der Waals surface area (Å²) in [5.41, 5.74) is 1.37. The summed E-state index contributed by atoms with van der Waals surface area (Å²) >= 11 is 0. The number of amides is 1. The van der Waals surface area contributed by atoms with Crippen LogP contribution in [-0.4, -0.2) is 22.2 Å². The molecule has 4 nitrogen and oxygen atoms in total. The van der Waals surface area contributed by atoms with Crippen molar-refractivity contribution in [1.82, 2.24) is 9.78 Å². The van der Waals surface area contributed by atoms with Crippen LogP contribution in [0.25, 0.3) is 0 Å². The van der Waals surface area contributed by atoms with Crippen molar-refractivity contribution in [3.05, 3.63) is 47.3 Å². The van der Waals surface area contributed by atoms with Crippen molar-refractivity contribution in [3.63, 3.8) is 0 Å². The first kappa shape index (κ1) is 14.7. The standard InChI is InChI=1S/C16H17F2N3O/c1-20-10-11(9-19-20)4-7-15(22)21-8-2-3-12-13(17)5-6-14(18)16(12)21/h5-6,9-10H,2-4,7-8H2,1H3. The zero-order valence-corrected chi connectivity index (χ0v) is 12.4. The van der Waals surface area contributed by atoms with Crippen molar-refractivity contribution in [2.45, 2.75) is 25.7 Å². The van der Waals surface area contributed by atoms with Crippen LogP contribution in [0.3, 0.4) is 0 Å². The minimum Gasteiger partial charge on any atom is -0.309 e. The van der Waals surface area contributed by atoms with Gasteiger partial charge in [0, 0.05) is 31.8 Å². The minimum absolute atomic E-state index is 0.113. The monoisotopic (exact) mass is 305 g/mol. The molecule has 0 fully saturated rings. The SMILES string of the molecule is Cn1cc(CCC(=O)N2CCCc3c(F)ccc(F)c32)cn1. The van der Waals surface area contributed by atoms with Crippen LogP contribution in [0.15, 0.2) is 24.5 Å². The molecule has 1 amide bonds. The van der Waals surface area contributed by atoms with E-state index in [2.05, 4.69) is 5.10 Å². The van der Waals surface area contributed by atoms with Gasteiger partial charge in [-0.15, -0.1) is 0 Å². The normalized spacial score (nSPS) is 14.0. The summed E-state index contributed by atoms with van der Waals surface area (Å²) in [5, 5.41) is 4.05. The van der Waals surface area contributed by atoms with Crippen molar-refractivity contribution in [2.24, 2.45) is 7.05 Å². The number of nitrogens with zero attached hydrogens (tertiary/aromatic N) is 3. The molecule has 2 heterocycles. The zero-order valence-electron chi connectivity index (χ0n) is 12.4. The lowest BCUT2D eigenvalue weighted by Crippen LogP contribution is -2.36. The molecule has 0 atom stereocenters. The number of anilines is 1. The molecular formula is C16H17F2N3O. The van der Waals surface area contributed by atoms with Crippen molar-refractivity contribution in [3.8, 4) is 0 Å². The fourth-order valence-corrected chi connectivity index (χ4v) is 2.88. The Labute approximate surface area is 127 Å². The van der Waals surface area contributed by atoms with Gasteiger partial charge in [0.05, 0.1) is 11.9 Å². The predicted octanol–water partition coefficient (Wildman–Crippen LogP) is 2.61. The summed E-state index contributed by atoms with van der Waals surface area (Å²) in [7, 11) is 1.81. The molecule has 0 saturated carbocycles. The van der Waals surface area contributed by atoms with Crippen LogP contribution >= 0.6 is 0 Å². The van der Waals surface area contributed by atoms with Gasteiger partial charge in [-0.3, -0.25) is 9.48 Å². The first-order chi connectivity index (χ1) is 10.6. The fourth-order valence-electron chi connectivity index (χ4n) is 2.88. The number of rotatable bonds is 3. The Kier molecular flexibility index (Phi) is 3.92. The van der Waals surface area contributed by atoms with Crippen molar-refractivity contribution in [1.29, 1.82) is 0 Å². The average Bonchev–Trinajstić information content (AvgIpc) is 2.94. The van der Waals surface area contributed by atoms with E-state index in [0.717, 1.165) is 17.7 Å². The van der Waals surface area contributed by atoms with E-state index in [1.54, 1.807) is 10.9 Å². The summed E-state index contributed by atoms with van der Waals surface area (Å²) in [6, 6.07) is 2.21. The Morgan fingerprint density at radius 1 is 1.32 bits per heavy atom. The van der Waals surface area contributed by atoms with E-state index in [0.29, 0.717) is 31.4 Å². The predicted molar refractivity (Wildman–Crippen MR) is 78.6 cm³/mol. The van der Waals surface area contributed by atoms with Crippen LogP contribution in [0.1, 0.15) is 24.0 Å². The van der Waals surface area contributed by atoms with E-state index >= 15 is 0 Å². The third kappa shape index (κ3) is 2.73. The molecule has 0 saturated heterocycles. The van der Waals surface area contributed by atoms with Gasteiger partial charge in [-0.05, 0) is 37.0 Å². The summed E-state index contributed by atoms with van der Waals surface area (Å²) in [4.78, 5) is 13.8. The number of carbonyl (C=O) groups is 1. The average molecular weight is 305 g/mol.